The standard InChI is InChI=1S/C14H18N2O/c1-11-4-5-14(10-12(11)2)17-9-8-16-7-6-15-13(16)3/h4-7,10H,8-9H2,1-3H3. The van der Waals surface area contributed by atoms with Gasteiger partial charge >= 0.3 is 0 Å². The first-order chi connectivity index (χ1) is 8.16. The van der Waals surface area contributed by atoms with Gasteiger partial charge in [-0.15, -0.1) is 0 Å². The average molecular weight is 230 g/mol. The molecule has 1 heterocycles. The third-order valence-corrected chi connectivity index (χ3v) is 3.00. The van der Waals surface area contributed by atoms with Crippen molar-refractivity contribution in [3.63, 3.8) is 0 Å². The molecule has 0 aliphatic carbocycles. The second kappa shape index (κ2) is 5.04. The molecular weight excluding hydrogens is 212 g/mol. The molecule has 0 N–H and O–H groups in total. The molecule has 3 nitrogen and oxygen atoms in total. The topological polar surface area (TPSA) is 27.1 Å². The summed E-state index contributed by atoms with van der Waals surface area (Å²) < 4.78 is 7.81. The lowest BCUT2D eigenvalue weighted by Gasteiger charge is -2.09. The molecule has 0 unspecified atom stereocenters. The number of rotatable bonds is 4. The molecule has 90 valence electrons. The van der Waals surface area contributed by atoms with Crippen LogP contribution < -0.4 is 4.74 Å². The molecule has 1 aromatic heterocycles. The van der Waals surface area contributed by atoms with Gasteiger partial charge < -0.3 is 9.30 Å². The van der Waals surface area contributed by atoms with Crippen LogP contribution in [-0.4, -0.2) is 16.2 Å². The van der Waals surface area contributed by atoms with Crippen LogP contribution >= 0.6 is 0 Å². The minimum Gasteiger partial charge on any atom is -0.492 e. The van der Waals surface area contributed by atoms with Crippen molar-refractivity contribution >= 4 is 0 Å². The minimum absolute atomic E-state index is 0.666. The normalized spacial score (nSPS) is 10.5. The van der Waals surface area contributed by atoms with Gasteiger partial charge in [-0.25, -0.2) is 4.98 Å². The van der Waals surface area contributed by atoms with Gasteiger partial charge in [-0.1, -0.05) is 6.07 Å². The molecule has 3 heteroatoms. The van der Waals surface area contributed by atoms with Crippen molar-refractivity contribution in [2.24, 2.45) is 0 Å². The number of imidazole rings is 1. The van der Waals surface area contributed by atoms with E-state index in [1.54, 1.807) is 0 Å². The number of aryl methyl sites for hydroxylation is 3. The van der Waals surface area contributed by atoms with E-state index in [4.69, 9.17) is 4.74 Å². The second-order valence-electron chi connectivity index (χ2n) is 4.26. The Morgan fingerprint density at radius 1 is 1.18 bits per heavy atom. The Morgan fingerprint density at radius 3 is 2.65 bits per heavy atom. The summed E-state index contributed by atoms with van der Waals surface area (Å²) in [5.74, 6) is 1.96. The average Bonchev–Trinajstić information content (AvgIpc) is 2.70. The van der Waals surface area contributed by atoms with Crippen LogP contribution in [0.5, 0.6) is 5.75 Å². The number of aromatic nitrogens is 2. The molecule has 0 spiro atoms. The quantitative estimate of drug-likeness (QED) is 0.807. The lowest BCUT2D eigenvalue weighted by Crippen LogP contribution is -2.08. The highest BCUT2D eigenvalue weighted by atomic mass is 16.5. The molecule has 17 heavy (non-hydrogen) atoms. The molecule has 0 radical (unpaired) electrons. The van der Waals surface area contributed by atoms with Crippen molar-refractivity contribution in [2.75, 3.05) is 6.61 Å². The summed E-state index contributed by atoms with van der Waals surface area (Å²) in [5.41, 5.74) is 2.56. The summed E-state index contributed by atoms with van der Waals surface area (Å²) in [7, 11) is 0. The number of hydrogen-bond donors (Lipinski definition) is 0. The number of nitrogens with zero attached hydrogens (tertiary/aromatic N) is 2. The summed E-state index contributed by atoms with van der Waals surface area (Å²) in [5, 5.41) is 0. The zero-order chi connectivity index (χ0) is 12.3. The Hall–Kier alpha value is -1.77. The SMILES string of the molecule is Cc1ccc(OCCn2ccnc2C)cc1C. The van der Waals surface area contributed by atoms with Crippen molar-refractivity contribution < 1.29 is 4.74 Å². The monoisotopic (exact) mass is 230 g/mol. The van der Waals surface area contributed by atoms with E-state index in [0.717, 1.165) is 18.1 Å². The van der Waals surface area contributed by atoms with Crippen molar-refractivity contribution in [3.05, 3.63) is 47.5 Å². The number of hydrogen-bond acceptors (Lipinski definition) is 2. The summed E-state index contributed by atoms with van der Waals surface area (Å²) in [6, 6.07) is 6.19. The van der Waals surface area contributed by atoms with Crippen LogP contribution in [0.4, 0.5) is 0 Å². The van der Waals surface area contributed by atoms with Gasteiger partial charge in [0.05, 0.1) is 6.54 Å². The molecule has 0 saturated heterocycles. The summed E-state index contributed by atoms with van der Waals surface area (Å²) in [6.45, 7) is 7.70. The van der Waals surface area contributed by atoms with Crippen molar-refractivity contribution in [2.45, 2.75) is 27.3 Å². The molecular formula is C14H18N2O. The predicted molar refractivity (Wildman–Crippen MR) is 68.4 cm³/mol. The smallest absolute Gasteiger partial charge is 0.119 e. The van der Waals surface area contributed by atoms with Crippen LogP contribution in [0.25, 0.3) is 0 Å². The van der Waals surface area contributed by atoms with Gasteiger partial charge in [-0.3, -0.25) is 0 Å². The van der Waals surface area contributed by atoms with Crippen LogP contribution in [0.2, 0.25) is 0 Å². The highest BCUT2D eigenvalue weighted by Gasteiger charge is 1.99. The molecule has 2 aromatic rings. The Bertz CT molecular complexity index is 503. The van der Waals surface area contributed by atoms with Gasteiger partial charge in [0.25, 0.3) is 0 Å². The van der Waals surface area contributed by atoms with Gasteiger partial charge in [0.15, 0.2) is 0 Å². The fourth-order valence-electron chi connectivity index (χ4n) is 1.71. The minimum atomic E-state index is 0.666. The van der Waals surface area contributed by atoms with Crippen LogP contribution in [0.15, 0.2) is 30.6 Å². The van der Waals surface area contributed by atoms with E-state index in [2.05, 4.69) is 35.5 Å². The predicted octanol–water partition coefficient (Wildman–Crippen LogP) is 2.89. The summed E-state index contributed by atoms with van der Waals surface area (Å²) in [6.07, 6.45) is 3.78. The summed E-state index contributed by atoms with van der Waals surface area (Å²) in [4.78, 5) is 4.18. The zero-order valence-corrected chi connectivity index (χ0v) is 10.6. The summed E-state index contributed by atoms with van der Waals surface area (Å²) >= 11 is 0. The molecule has 0 fully saturated rings. The third kappa shape index (κ3) is 2.87. The van der Waals surface area contributed by atoms with Crippen LogP contribution in [0, 0.1) is 20.8 Å². The highest BCUT2D eigenvalue weighted by Crippen LogP contribution is 2.16. The van der Waals surface area contributed by atoms with E-state index in [9.17, 15) is 0 Å². The number of benzene rings is 1. The molecule has 2 rings (SSSR count). The van der Waals surface area contributed by atoms with Crippen LogP contribution in [0.3, 0.4) is 0 Å². The van der Waals surface area contributed by atoms with E-state index in [-0.39, 0.29) is 0 Å². The molecule has 0 bridgehead atoms. The Balaban J connectivity index is 1.90. The van der Waals surface area contributed by atoms with Gasteiger partial charge in [-0.2, -0.15) is 0 Å². The molecule has 0 amide bonds. The fraction of sp³-hybridized carbons (Fsp3) is 0.357. The van der Waals surface area contributed by atoms with E-state index < -0.39 is 0 Å². The van der Waals surface area contributed by atoms with Crippen LogP contribution in [-0.2, 0) is 6.54 Å². The molecule has 1 aromatic carbocycles. The van der Waals surface area contributed by atoms with Gasteiger partial charge in [-0.05, 0) is 44.0 Å². The van der Waals surface area contributed by atoms with Gasteiger partial charge in [0, 0.05) is 12.4 Å². The Kier molecular flexibility index (Phi) is 3.47. The first-order valence-corrected chi connectivity index (χ1v) is 5.84. The van der Waals surface area contributed by atoms with E-state index in [0.29, 0.717) is 6.61 Å². The van der Waals surface area contributed by atoms with E-state index in [1.807, 2.05) is 25.4 Å². The van der Waals surface area contributed by atoms with E-state index >= 15 is 0 Å². The Morgan fingerprint density at radius 2 is 2.00 bits per heavy atom. The lowest BCUT2D eigenvalue weighted by molar-refractivity contribution is 0.297. The highest BCUT2D eigenvalue weighted by molar-refractivity contribution is 5.33. The molecule has 0 aliphatic rings. The van der Waals surface area contributed by atoms with Crippen molar-refractivity contribution in [1.82, 2.24) is 9.55 Å². The second-order valence-corrected chi connectivity index (χ2v) is 4.26. The maximum absolute atomic E-state index is 5.72. The van der Waals surface area contributed by atoms with Gasteiger partial charge in [0.1, 0.15) is 18.2 Å². The van der Waals surface area contributed by atoms with Gasteiger partial charge in [0.2, 0.25) is 0 Å². The maximum Gasteiger partial charge on any atom is 0.119 e. The van der Waals surface area contributed by atoms with E-state index in [1.165, 1.54) is 11.1 Å². The largest absolute Gasteiger partial charge is 0.492 e. The maximum atomic E-state index is 5.72. The van der Waals surface area contributed by atoms with Crippen molar-refractivity contribution in [3.8, 4) is 5.75 Å². The van der Waals surface area contributed by atoms with Crippen LogP contribution in [0.1, 0.15) is 17.0 Å². The lowest BCUT2D eigenvalue weighted by atomic mass is 10.1. The third-order valence-electron chi connectivity index (χ3n) is 3.00. The molecule has 0 aliphatic heterocycles. The molecule has 0 saturated carbocycles. The zero-order valence-electron chi connectivity index (χ0n) is 10.6. The Labute approximate surface area is 102 Å². The first-order valence-electron chi connectivity index (χ1n) is 5.84. The molecule has 0 atom stereocenters. The fourth-order valence-corrected chi connectivity index (χ4v) is 1.71. The van der Waals surface area contributed by atoms with Crippen molar-refractivity contribution in [1.29, 1.82) is 0 Å². The first kappa shape index (κ1) is 11.7. The number of ether oxygens (including phenoxy) is 1.